The number of carbonyl (C=O) groups is 1. The van der Waals surface area contributed by atoms with E-state index < -0.39 is 0 Å². The van der Waals surface area contributed by atoms with E-state index >= 15 is 0 Å². The molecule has 0 fully saturated rings. The Morgan fingerprint density at radius 3 is 2.54 bits per heavy atom. The first-order valence-corrected chi connectivity index (χ1v) is 8.60. The Kier molecular flexibility index (Phi) is 5.49. The number of nitrogens with zero attached hydrogens (tertiary/aromatic N) is 1. The number of anilines is 1. The molecule has 2 aromatic carbocycles. The number of hydrogen-bond acceptors (Lipinski definition) is 4. The van der Waals surface area contributed by atoms with Crippen molar-refractivity contribution in [2.75, 3.05) is 5.32 Å². The zero-order chi connectivity index (χ0) is 18.7. The Morgan fingerprint density at radius 2 is 1.81 bits per heavy atom. The highest BCUT2D eigenvalue weighted by molar-refractivity contribution is 6.31. The Hall–Kier alpha value is -2.50. The Bertz CT molecular complexity index is 936. The SMILES string of the molecule is Cc1ccc(Cl)cc1NC(=O)c1noc(C)c1COc1ccc(Cl)cc1. The van der Waals surface area contributed by atoms with E-state index in [0.717, 1.165) is 5.56 Å². The van der Waals surface area contributed by atoms with Crippen LogP contribution in [0.3, 0.4) is 0 Å². The van der Waals surface area contributed by atoms with Crippen LogP contribution in [0, 0.1) is 13.8 Å². The van der Waals surface area contributed by atoms with E-state index in [0.29, 0.717) is 32.8 Å². The lowest BCUT2D eigenvalue weighted by atomic mass is 10.1. The van der Waals surface area contributed by atoms with E-state index in [9.17, 15) is 4.79 Å². The summed E-state index contributed by atoms with van der Waals surface area (Å²) in [7, 11) is 0. The number of halogens is 2. The molecule has 0 aliphatic heterocycles. The molecule has 0 saturated carbocycles. The lowest BCUT2D eigenvalue weighted by molar-refractivity contribution is 0.101. The van der Waals surface area contributed by atoms with E-state index in [1.165, 1.54) is 0 Å². The van der Waals surface area contributed by atoms with Crippen LogP contribution in [0.2, 0.25) is 10.0 Å². The average molecular weight is 391 g/mol. The maximum atomic E-state index is 12.6. The van der Waals surface area contributed by atoms with Gasteiger partial charge in [-0.1, -0.05) is 34.4 Å². The topological polar surface area (TPSA) is 64.4 Å². The molecular weight excluding hydrogens is 375 g/mol. The van der Waals surface area contributed by atoms with Gasteiger partial charge in [-0.3, -0.25) is 4.79 Å². The highest BCUT2D eigenvalue weighted by atomic mass is 35.5. The molecule has 134 valence electrons. The fourth-order valence-electron chi connectivity index (χ4n) is 2.34. The molecule has 5 nitrogen and oxygen atoms in total. The van der Waals surface area contributed by atoms with Gasteiger partial charge in [-0.15, -0.1) is 0 Å². The molecule has 1 amide bonds. The molecule has 0 radical (unpaired) electrons. The Labute approximate surface area is 160 Å². The Balaban J connectivity index is 1.77. The van der Waals surface area contributed by atoms with Gasteiger partial charge < -0.3 is 14.6 Å². The average Bonchev–Trinajstić information content (AvgIpc) is 2.98. The van der Waals surface area contributed by atoms with Crippen molar-refractivity contribution in [2.24, 2.45) is 0 Å². The molecule has 7 heteroatoms. The molecule has 0 bridgehead atoms. The summed E-state index contributed by atoms with van der Waals surface area (Å²) in [5.74, 6) is 0.765. The standard InChI is InChI=1S/C19H16Cl2N2O3/c1-11-3-4-14(21)9-17(11)22-19(24)18-16(12(2)26-23-18)10-25-15-7-5-13(20)6-8-15/h3-9H,10H2,1-2H3,(H,22,24). The first-order valence-electron chi connectivity index (χ1n) is 7.85. The maximum absolute atomic E-state index is 12.6. The normalized spacial score (nSPS) is 10.6. The third-order valence-corrected chi connectivity index (χ3v) is 4.33. The van der Waals surface area contributed by atoms with Crippen molar-refractivity contribution in [3.63, 3.8) is 0 Å². The minimum absolute atomic E-state index is 0.147. The summed E-state index contributed by atoms with van der Waals surface area (Å²) in [5.41, 5.74) is 2.27. The van der Waals surface area contributed by atoms with Crippen LogP contribution in [0.25, 0.3) is 0 Å². The summed E-state index contributed by atoms with van der Waals surface area (Å²) in [6.07, 6.45) is 0. The zero-order valence-corrected chi connectivity index (χ0v) is 15.7. The number of carbonyl (C=O) groups excluding carboxylic acids is 1. The molecule has 3 rings (SSSR count). The Morgan fingerprint density at radius 1 is 1.12 bits per heavy atom. The second kappa shape index (κ2) is 7.81. The number of nitrogens with one attached hydrogen (secondary N) is 1. The summed E-state index contributed by atoms with van der Waals surface area (Å²) in [6, 6.07) is 12.2. The van der Waals surface area contributed by atoms with Gasteiger partial charge in [0.05, 0.1) is 5.56 Å². The number of aryl methyl sites for hydroxylation is 2. The van der Waals surface area contributed by atoms with Crippen LogP contribution in [0.4, 0.5) is 5.69 Å². The lowest BCUT2D eigenvalue weighted by Gasteiger charge is -2.09. The van der Waals surface area contributed by atoms with Crippen LogP contribution in [-0.4, -0.2) is 11.1 Å². The summed E-state index contributed by atoms with van der Waals surface area (Å²) in [6.45, 7) is 3.76. The van der Waals surface area contributed by atoms with Crippen molar-refractivity contribution in [3.8, 4) is 5.75 Å². The second-order valence-corrected chi connectivity index (χ2v) is 6.59. The number of hydrogen-bond donors (Lipinski definition) is 1. The minimum atomic E-state index is -0.387. The molecule has 0 unspecified atom stereocenters. The molecule has 26 heavy (non-hydrogen) atoms. The molecule has 1 aromatic heterocycles. The molecule has 1 heterocycles. The third-order valence-electron chi connectivity index (χ3n) is 3.84. The number of rotatable bonds is 5. The van der Waals surface area contributed by atoms with Crippen molar-refractivity contribution in [3.05, 3.63) is 75.1 Å². The zero-order valence-electron chi connectivity index (χ0n) is 14.2. The van der Waals surface area contributed by atoms with Crippen LogP contribution in [0.1, 0.15) is 27.4 Å². The van der Waals surface area contributed by atoms with Crippen molar-refractivity contribution in [2.45, 2.75) is 20.5 Å². The molecule has 0 spiro atoms. The van der Waals surface area contributed by atoms with Crippen molar-refractivity contribution in [1.82, 2.24) is 5.16 Å². The van der Waals surface area contributed by atoms with Gasteiger partial charge >= 0.3 is 0 Å². The van der Waals surface area contributed by atoms with Crippen LogP contribution >= 0.6 is 23.2 Å². The third kappa shape index (κ3) is 4.18. The number of benzene rings is 2. The van der Waals surface area contributed by atoms with Crippen molar-refractivity contribution in [1.29, 1.82) is 0 Å². The lowest BCUT2D eigenvalue weighted by Crippen LogP contribution is -2.16. The van der Waals surface area contributed by atoms with Crippen molar-refractivity contribution >= 4 is 34.8 Å². The van der Waals surface area contributed by atoms with Gasteiger partial charge in [0.1, 0.15) is 18.1 Å². The monoisotopic (exact) mass is 390 g/mol. The van der Waals surface area contributed by atoms with Gasteiger partial charge in [0.15, 0.2) is 5.69 Å². The first kappa shape index (κ1) is 18.3. The summed E-state index contributed by atoms with van der Waals surface area (Å²) in [5, 5.41) is 7.83. The fraction of sp³-hybridized carbons (Fsp3) is 0.158. The van der Waals surface area contributed by atoms with E-state index in [1.54, 1.807) is 43.3 Å². The smallest absolute Gasteiger partial charge is 0.278 e. The highest BCUT2D eigenvalue weighted by Gasteiger charge is 2.21. The molecular formula is C19H16Cl2N2O3. The van der Waals surface area contributed by atoms with E-state index in [2.05, 4.69) is 10.5 Å². The molecule has 0 aliphatic rings. The summed E-state index contributed by atoms with van der Waals surface area (Å²) >= 11 is 11.9. The van der Waals surface area contributed by atoms with Crippen LogP contribution in [0.15, 0.2) is 47.0 Å². The van der Waals surface area contributed by atoms with E-state index in [-0.39, 0.29) is 18.2 Å². The largest absolute Gasteiger partial charge is 0.489 e. The van der Waals surface area contributed by atoms with Gasteiger partial charge in [-0.05, 0) is 55.8 Å². The molecule has 0 saturated heterocycles. The van der Waals surface area contributed by atoms with Gasteiger partial charge in [-0.25, -0.2) is 0 Å². The molecule has 0 aliphatic carbocycles. The van der Waals surface area contributed by atoms with Crippen LogP contribution in [-0.2, 0) is 6.61 Å². The van der Waals surface area contributed by atoms with Crippen molar-refractivity contribution < 1.29 is 14.1 Å². The predicted octanol–water partition coefficient (Wildman–Crippen LogP) is 5.43. The first-order chi connectivity index (χ1) is 12.4. The van der Waals surface area contributed by atoms with Gasteiger partial charge in [0, 0.05) is 15.7 Å². The summed E-state index contributed by atoms with van der Waals surface area (Å²) in [4.78, 5) is 12.6. The van der Waals surface area contributed by atoms with E-state index in [1.807, 2.05) is 13.0 Å². The van der Waals surface area contributed by atoms with E-state index in [4.69, 9.17) is 32.5 Å². The highest BCUT2D eigenvalue weighted by Crippen LogP contribution is 2.23. The fourth-order valence-corrected chi connectivity index (χ4v) is 2.63. The second-order valence-electron chi connectivity index (χ2n) is 5.72. The van der Waals surface area contributed by atoms with Gasteiger partial charge in [0.2, 0.25) is 0 Å². The number of amides is 1. The number of aromatic nitrogens is 1. The molecule has 1 N–H and O–H groups in total. The quantitative estimate of drug-likeness (QED) is 0.630. The number of ether oxygens (including phenoxy) is 1. The van der Waals surface area contributed by atoms with Gasteiger partial charge in [0.25, 0.3) is 5.91 Å². The maximum Gasteiger partial charge on any atom is 0.278 e. The van der Waals surface area contributed by atoms with Crippen LogP contribution < -0.4 is 10.1 Å². The van der Waals surface area contributed by atoms with Crippen LogP contribution in [0.5, 0.6) is 5.75 Å². The minimum Gasteiger partial charge on any atom is -0.489 e. The molecule has 3 aromatic rings. The van der Waals surface area contributed by atoms with Gasteiger partial charge in [-0.2, -0.15) is 0 Å². The predicted molar refractivity (Wildman–Crippen MR) is 101 cm³/mol. The summed E-state index contributed by atoms with van der Waals surface area (Å²) < 4.78 is 10.9. The molecule has 0 atom stereocenters.